The molecule has 1 aliphatic rings. The highest BCUT2D eigenvalue weighted by Crippen LogP contribution is 2.27. The quantitative estimate of drug-likeness (QED) is 0.192. The van der Waals surface area contributed by atoms with Crippen molar-refractivity contribution in [1.29, 1.82) is 0 Å². The summed E-state index contributed by atoms with van der Waals surface area (Å²) in [5, 5.41) is 23.5. The lowest BCUT2D eigenvalue weighted by molar-refractivity contribution is -0.139. The van der Waals surface area contributed by atoms with E-state index in [-0.39, 0.29) is 43.8 Å². The van der Waals surface area contributed by atoms with E-state index in [0.29, 0.717) is 42.3 Å². The highest BCUT2D eigenvalue weighted by molar-refractivity contribution is 5.92. The van der Waals surface area contributed by atoms with Gasteiger partial charge in [0.2, 0.25) is 5.95 Å². The van der Waals surface area contributed by atoms with E-state index >= 15 is 0 Å². The Kier molecular flexibility index (Phi) is 11.1. The van der Waals surface area contributed by atoms with Crippen LogP contribution in [0.15, 0.2) is 42.9 Å². The average molecular weight is 641 g/mol. The number of benzene rings is 1. The maximum Gasteiger partial charge on any atom is 0.303 e. The average Bonchev–Trinajstić information content (AvgIpc) is 3.62. The maximum atomic E-state index is 13.8. The molecule has 1 aliphatic heterocycles. The zero-order chi connectivity index (χ0) is 33.4. The molecule has 1 aromatic carbocycles. The van der Waals surface area contributed by atoms with E-state index < -0.39 is 23.6 Å². The second kappa shape index (κ2) is 15.2. The smallest absolute Gasteiger partial charge is 0.303 e. The van der Waals surface area contributed by atoms with Crippen molar-refractivity contribution in [2.45, 2.75) is 51.7 Å². The van der Waals surface area contributed by atoms with Crippen molar-refractivity contribution in [1.82, 2.24) is 34.2 Å². The number of carbonyl (C=O) groups excluding carboxylic acids is 1. The number of unbranched alkanes of at least 4 members (excludes halogenated alkanes) is 1. The van der Waals surface area contributed by atoms with Crippen molar-refractivity contribution in [3.63, 3.8) is 0 Å². The Hall–Kier alpha value is -5.25. The van der Waals surface area contributed by atoms with Gasteiger partial charge in [-0.3, -0.25) is 19.1 Å². The summed E-state index contributed by atoms with van der Waals surface area (Å²) in [5.74, 6) is -2.64. The largest absolute Gasteiger partial charge is 0.481 e. The van der Waals surface area contributed by atoms with Crippen LogP contribution in [0, 0.1) is 18.6 Å². The predicted molar refractivity (Wildman–Crippen MR) is 160 cm³/mol. The molecule has 46 heavy (non-hydrogen) atoms. The minimum atomic E-state index is -0.959. The molecule has 0 saturated carbocycles. The minimum Gasteiger partial charge on any atom is -0.481 e. The Morgan fingerprint density at radius 2 is 1.80 bits per heavy atom. The lowest BCUT2D eigenvalue weighted by Gasteiger charge is -2.35. The summed E-state index contributed by atoms with van der Waals surface area (Å²) < 4.78 is 35.9. The topological polar surface area (TPSA) is 178 Å². The van der Waals surface area contributed by atoms with Crippen molar-refractivity contribution in [2.75, 3.05) is 19.0 Å². The van der Waals surface area contributed by atoms with Crippen molar-refractivity contribution in [3.05, 3.63) is 71.4 Å². The first-order valence-corrected chi connectivity index (χ1v) is 14.3. The van der Waals surface area contributed by atoms with Crippen molar-refractivity contribution >= 4 is 29.6 Å². The van der Waals surface area contributed by atoms with Crippen LogP contribution >= 0.6 is 0 Å². The van der Waals surface area contributed by atoms with E-state index in [9.17, 15) is 23.2 Å². The Morgan fingerprint density at radius 3 is 2.41 bits per heavy atom. The third kappa shape index (κ3) is 8.47. The third-order valence-corrected chi connectivity index (χ3v) is 7.08. The van der Waals surface area contributed by atoms with Gasteiger partial charge in [-0.1, -0.05) is 6.07 Å². The minimum absolute atomic E-state index is 0.0628. The number of nitrogens with one attached hydrogen (secondary N) is 1. The molecule has 0 saturated heterocycles. The number of fused-ring (bicyclic) bond motifs is 1. The number of carboxylic acids is 2. The van der Waals surface area contributed by atoms with Crippen LogP contribution in [0.1, 0.15) is 47.4 Å². The van der Waals surface area contributed by atoms with Gasteiger partial charge < -0.3 is 29.7 Å². The number of hydrogen-bond donors (Lipinski definition) is 3. The van der Waals surface area contributed by atoms with Gasteiger partial charge in [0.05, 0.1) is 24.5 Å². The van der Waals surface area contributed by atoms with Crippen molar-refractivity contribution < 1.29 is 38.1 Å². The van der Waals surface area contributed by atoms with Gasteiger partial charge in [0, 0.05) is 58.5 Å². The molecule has 5 rings (SSSR count). The second-order valence-electron chi connectivity index (χ2n) is 10.6. The lowest BCUT2D eigenvalue weighted by Crippen LogP contribution is -2.49. The first kappa shape index (κ1) is 33.6. The monoisotopic (exact) mass is 640 g/mol. The highest BCUT2D eigenvalue weighted by Gasteiger charge is 2.35. The van der Waals surface area contributed by atoms with Crippen LogP contribution in [0.2, 0.25) is 0 Å². The molecule has 0 spiro atoms. The molecule has 1 unspecified atom stereocenters. The number of aliphatic carboxylic acids is 2. The highest BCUT2D eigenvalue weighted by atomic mass is 19.2. The first-order chi connectivity index (χ1) is 22.0. The van der Waals surface area contributed by atoms with Gasteiger partial charge >= 0.3 is 11.9 Å². The summed E-state index contributed by atoms with van der Waals surface area (Å²) in [4.78, 5) is 48.4. The number of aromatic nitrogens is 6. The van der Waals surface area contributed by atoms with Crippen LogP contribution in [-0.2, 0) is 34.5 Å². The number of methoxy groups -OCH3 is 1. The number of aryl methyl sites for hydroxylation is 2. The van der Waals surface area contributed by atoms with Crippen molar-refractivity contribution in [3.8, 4) is 11.4 Å². The summed E-state index contributed by atoms with van der Waals surface area (Å²) in [6.07, 6.45) is 6.15. The molecule has 0 radical (unpaired) electrons. The first-order valence-electron chi connectivity index (χ1n) is 14.3. The van der Waals surface area contributed by atoms with Crippen LogP contribution in [0.5, 0.6) is 0 Å². The molecule has 1 atom stereocenters. The fourth-order valence-corrected chi connectivity index (χ4v) is 4.76. The van der Waals surface area contributed by atoms with E-state index in [1.807, 2.05) is 6.92 Å². The number of carboxylic acid groups (broad SMARTS) is 2. The fraction of sp³-hybridized carbons (Fsp3) is 0.367. The zero-order valence-electron chi connectivity index (χ0n) is 25.5. The molecule has 16 heteroatoms. The van der Waals surface area contributed by atoms with Crippen LogP contribution in [0.25, 0.3) is 11.4 Å². The number of imidazole rings is 1. The maximum absolute atomic E-state index is 13.8. The molecule has 3 aromatic heterocycles. The summed E-state index contributed by atoms with van der Waals surface area (Å²) in [6.45, 7) is 2.66. The Balaban J connectivity index is 0.000000416. The number of halogens is 2. The fourth-order valence-electron chi connectivity index (χ4n) is 4.76. The van der Waals surface area contributed by atoms with Crippen LogP contribution in [-0.4, -0.2) is 82.0 Å². The Labute approximate surface area is 262 Å². The summed E-state index contributed by atoms with van der Waals surface area (Å²) in [7, 11) is 3.35. The summed E-state index contributed by atoms with van der Waals surface area (Å²) in [5.41, 5.74) is 2.37. The second-order valence-corrected chi connectivity index (χ2v) is 10.6. The van der Waals surface area contributed by atoms with Gasteiger partial charge in [-0.2, -0.15) is 5.10 Å². The van der Waals surface area contributed by atoms with Gasteiger partial charge in [-0.25, -0.2) is 23.7 Å². The van der Waals surface area contributed by atoms with Crippen LogP contribution in [0.4, 0.5) is 20.5 Å². The molecule has 0 bridgehead atoms. The Bertz CT molecular complexity index is 1690. The van der Waals surface area contributed by atoms with Gasteiger partial charge in [0.25, 0.3) is 5.91 Å². The summed E-state index contributed by atoms with van der Waals surface area (Å²) in [6, 6.07) is 5.09. The van der Waals surface area contributed by atoms with Gasteiger partial charge in [-0.05, 0) is 43.0 Å². The molecule has 0 aliphatic carbocycles. The normalized spacial score (nSPS) is 14.0. The molecule has 3 N–H and O–H groups in total. The molecule has 1 amide bonds. The van der Waals surface area contributed by atoms with Gasteiger partial charge in [0.1, 0.15) is 11.5 Å². The third-order valence-electron chi connectivity index (χ3n) is 7.08. The van der Waals surface area contributed by atoms with E-state index in [1.54, 1.807) is 53.0 Å². The van der Waals surface area contributed by atoms with E-state index in [0.717, 1.165) is 23.5 Å². The molecule has 244 valence electrons. The van der Waals surface area contributed by atoms with E-state index in [2.05, 4.69) is 25.4 Å². The number of carbonyl (C=O) groups is 3. The molecule has 4 heterocycles. The van der Waals surface area contributed by atoms with Gasteiger partial charge in [-0.15, -0.1) is 0 Å². The zero-order valence-corrected chi connectivity index (χ0v) is 25.5. The number of rotatable bonds is 12. The molecular formula is C30H34F2N8O6. The lowest BCUT2D eigenvalue weighted by atomic mass is 10.1. The van der Waals surface area contributed by atoms with Gasteiger partial charge in [0.15, 0.2) is 17.5 Å². The molecule has 14 nitrogen and oxygen atoms in total. The number of amides is 1. The molecular weight excluding hydrogens is 606 g/mol. The Morgan fingerprint density at radius 1 is 1.09 bits per heavy atom. The molecule has 4 aromatic rings. The van der Waals surface area contributed by atoms with Crippen LogP contribution in [0.3, 0.4) is 0 Å². The summed E-state index contributed by atoms with van der Waals surface area (Å²) >= 11 is 0. The van der Waals surface area contributed by atoms with E-state index in [4.69, 9.17) is 14.9 Å². The molecule has 0 fully saturated rings. The number of ether oxygens (including phenoxy) is 1. The van der Waals surface area contributed by atoms with E-state index in [1.165, 1.54) is 6.07 Å². The number of anilines is 2. The SMILES string of the molecule is COCC1Cn2cc(-c3nc(Nc4ccnn4C)ncc3C)nc2C(=O)N1Cc1ccc(F)c(F)c1.O=C(O)CCCCC(=O)O. The number of nitrogens with zero attached hydrogens (tertiary/aromatic N) is 7. The predicted octanol–water partition coefficient (Wildman–Crippen LogP) is 3.79. The number of hydrogen-bond acceptors (Lipinski definition) is 9. The van der Waals surface area contributed by atoms with Crippen LogP contribution < -0.4 is 5.32 Å². The van der Waals surface area contributed by atoms with Crippen molar-refractivity contribution in [2.24, 2.45) is 7.05 Å². The standard InChI is InChI=1S/C24H24F2N8O2.C6H10O4/c1-14-9-27-24(30-20-6-7-28-32(20)2)31-21(14)19-12-33-11-16(13-36-3)34(23(35)22(33)29-19)10-15-4-5-17(25)18(26)8-15;7-5(8)3-1-2-4-6(9)10/h4-9,12,16H,10-11,13H2,1-3H3,(H,27,30,31);1-4H2,(H,7,8)(H,9,10).